The van der Waals surface area contributed by atoms with Gasteiger partial charge in [0.1, 0.15) is 0 Å². The third kappa shape index (κ3) is 7.94. The van der Waals surface area contributed by atoms with Crippen molar-refractivity contribution in [3.63, 3.8) is 0 Å². The number of guanidine groups is 1. The molecule has 0 radical (unpaired) electrons. The van der Waals surface area contributed by atoms with Crippen molar-refractivity contribution in [2.24, 2.45) is 10.9 Å². The zero-order chi connectivity index (χ0) is 19.6. The molecule has 2 fully saturated rings. The second-order valence-corrected chi connectivity index (χ2v) is 7.86. The van der Waals surface area contributed by atoms with Crippen LogP contribution in [0.15, 0.2) is 35.3 Å². The molecule has 0 bridgehead atoms. The maximum Gasteiger partial charge on any atom is 0.193 e. The third-order valence-corrected chi connectivity index (χ3v) is 5.64. The first-order chi connectivity index (χ1) is 13.8. The number of aliphatic imine (C=N–C) groups is 1. The van der Waals surface area contributed by atoms with Crippen LogP contribution in [-0.2, 0) is 4.74 Å². The number of benzene rings is 1. The maximum absolute atomic E-state index is 5.50. The van der Waals surface area contributed by atoms with E-state index in [-0.39, 0.29) is 24.0 Å². The molecule has 7 heteroatoms. The van der Waals surface area contributed by atoms with Gasteiger partial charge >= 0.3 is 0 Å². The fourth-order valence-corrected chi connectivity index (χ4v) is 4.02. The van der Waals surface area contributed by atoms with Gasteiger partial charge in [-0.3, -0.25) is 9.89 Å². The van der Waals surface area contributed by atoms with Gasteiger partial charge in [-0.1, -0.05) is 18.2 Å². The summed E-state index contributed by atoms with van der Waals surface area (Å²) in [6.07, 6.45) is 2.28. The number of para-hydroxylation sites is 1. The molecule has 0 saturated carbocycles. The first-order valence-electron chi connectivity index (χ1n) is 10.9. The summed E-state index contributed by atoms with van der Waals surface area (Å²) < 4.78 is 5.50. The summed E-state index contributed by atoms with van der Waals surface area (Å²) in [7, 11) is 2.14. The number of nitrogens with one attached hydrogen (secondary N) is 1. The van der Waals surface area contributed by atoms with Crippen molar-refractivity contribution in [2.75, 3.05) is 77.5 Å². The first-order valence-corrected chi connectivity index (χ1v) is 10.9. The van der Waals surface area contributed by atoms with Crippen molar-refractivity contribution >= 4 is 35.6 Å². The van der Waals surface area contributed by atoms with E-state index in [1.165, 1.54) is 12.1 Å². The van der Waals surface area contributed by atoms with Crippen LogP contribution >= 0.6 is 24.0 Å². The van der Waals surface area contributed by atoms with E-state index in [2.05, 4.69) is 64.3 Å². The minimum Gasteiger partial charge on any atom is -0.381 e. The molecule has 2 aliphatic rings. The lowest BCUT2D eigenvalue weighted by Gasteiger charge is -2.36. The largest absolute Gasteiger partial charge is 0.381 e. The molecule has 0 spiro atoms. The number of hydrogen-bond acceptors (Lipinski definition) is 4. The van der Waals surface area contributed by atoms with E-state index in [1.54, 1.807) is 0 Å². The molecule has 2 heterocycles. The Kier molecular flexibility index (Phi) is 11.1. The summed E-state index contributed by atoms with van der Waals surface area (Å²) in [5.74, 6) is 1.66. The van der Waals surface area contributed by atoms with Crippen molar-refractivity contribution in [3.8, 4) is 0 Å². The summed E-state index contributed by atoms with van der Waals surface area (Å²) in [5, 5.41) is 3.43. The average molecular weight is 515 g/mol. The maximum atomic E-state index is 5.50. The molecule has 0 aromatic heterocycles. The molecule has 1 atom stereocenters. The standard InChI is InChI=1S/C22H37N5O.HI/c1-3-23-22(25(2)18-20-10-17-28-19-20)24-11-7-12-26-13-15-27(16-14-26)21-8-5-4-6-9-21;/h4-6,8-9,20H,3,7,10-19H2,1-2H3,(H,23,24);1H. The number of piperazine rings is 1. The van der Waals surface area contributed by atoms with Crippen molar-refractivity contribution in [3.05, 3.63) is 30.3 Å². The fraction of sp³-hybridized carbons (Fsp3) is 0.682. The molecule has 6 nitrogen and oxygen atoms in total. The van der Waals surface area contributed by atoms with E-state index in [0.29, 0.717) is 5.92 Å². The highest BCUT2D eigenvalue weighted by Crippen LogP contribution is 2.16. The Bertz CT molecular complexity index is 586. The van der Waals surface area contributed by atoms with E-state index in [4.69, 9.17) is 9.73 Å². The van der Waals surface area contributed by atoms with E-state index in [0.717, 1.165) is 78.0 Å². The molecule has 1 unspecified atom stereocenters. The molecule has 0 aliphatic carbocycles. The van der Waals surface area contributed by atoms with Gasteiger partial charge in [0.05, 0.1) is 6.61 Å². The highest BCUT2D eigenvalue weighted by Gasteiger charge is 2.19. The summed E-state index contributed by atoms with van der Waals surface area (Å²) >= 11 is 0. The van der Waals surface area contributed by atoms with Crippen LogP contribution in [0.5, 0.6) is 0 Å². The Balaban J connectivity index is 0.00000300. The molecule has 0 amide bonds. The number of anilines is 1. The van der Waals surface area contributed by atoms with Gasteiger partial charge in [-0.25, -0.2) is 0 Å². The first kappa shape index (κ1) is 24.2. The SMILES string of the molecule is CCNC(=NCCCN1CCN(c2ccccc2)CC1)N(C)CC1CCOC1.I. The van der Waals surface area contributed by atoms with Crippen molar-refractivity contribution < 1.29 is 4.74 Å². The van der Waals surface area contributed by atoms with Crippen LogP contribution in [0.3, 0.4) is 0 Å². The summed E-state index contributed by atoms with van der Waals surface area (Å²) in [6.45, 7) is 12.4. The zero-order valence-electron chi connectivity index (χ0n) is 18.1. The Morgan fingerprint density at radius 3 is 2.62 bits per heavy atom. The van der Waals surface area contributed by atoms with Crippen LogP contribution in [0.2, 0.25) is 0 Å². The Labute approximate surface area is 193 Å². The predicted octanol–water partition coefficient (Wildman–Crippen LogP) is 2.75. The van der Waals surface area contributed by atoms with Gasteiger partial charge in [-0.05, 0) is 31.9 Å². The van der Waals surface area contributed by atoms with Crippen LogP contribution in [0.1, 0.15) is 19.8 Å². The van der Waals surface area contributed by atoms with Gasteiger partial charge < -0.3 is 19.9 Å². The van der Waals surface area contributed by atoms with Gasteiger partial charge in [-0.15, -0.1) is 24.0 Å². The molecular weight excluding hydrogens is 477 g/mol. The van der Waals surface area contributed by atoms with Crippen molar-refractivity contribution in [1.82, 2.24) is 15.1 Å². The van der Waals surface area contributed by atoms with Gasteiger partial charge in [0.25, 0.3) is 0 Å². The topological polar surface area (TPSA) is 43.3 Å². The van der Waals surface area contributed by atoms with Gasteiger partial charge in [0.15, 0.2) is 5.96 Å². The normalized spacial score (nSPS) is 20.4. The second-order valence-electron chi connectivity index (χ2n) is 7.86. The number of ether oxygens (including phenoxy) is 1. The Hall–Kier alpha value is -1.06. The lowest BCUT2D eigenvalue weighted by Crippen LogP contribution is -2.46. The van der Waals surface area contributed by atoms with E-state index in [9.17, 15) is 0 Å². The van der Waals surface area contributed by atoms with Gasteiger partial charge in [0.2, 0.25) is 0 Å². The molecular formula is C22H38IN5O. The lowest BCUT2D eigenvalue weighted by molar-refractivity contribution is 0.181. The second kappa shape index (κ2) is 13.3. The molecule has 1 aromatic carbocycles. The highest BCUT2D eigenvalue weighted by molar-refractivity contribution is 14.0. The van der Waals surface area contributed by atoms with Crippen molar-refractivity contribution in [2.45, 2.75) is 19.8 Å². The molecule has 3 rings (SSSR count). The molecule has 2 saturated heterocycles. The number of halogens is 1. The average Bonchev–Trinajstić information content (AvgIpc) is 3.24. The van der Waals surface area contributed by atoms with E-state index < -0.39 is 0 Å². The monoisotopic (exact) mass is 515 g/mol. The van der Waals surface area contributed by atoms with Crippen LogP contribution in [-0.4, -0.2) is 88.4 Å². The summed E-state index contributed by atoms with van der Waals surface area (Å²) in [4.78, 5) is 12.2. The highest BCUT2D eigenvalue weighted by atomic mass is 127. The minimum absolute atomic E-state index is 0. The van der Waals surface area contributed by atoms with Crippen LogP contribution in [0, 0.1) is 5.92 Å². The predicted molar refractivity (Wildman–Crippen MR) is 133 cm³/mol. The fourth-order valence-electron chi connectivity index (χ4n) is 4.02. The number of nitrogens with zero attached hydrogens (tertiary/aromatic N) is 4. The number of rotatable bonds is 8. The molecule has 2 aliphatic heterocycles. The van der Waals surface area contributed by atoms with E-state index in [1.807, 2.05) is 0 Å². The molecule has 164 valence electrons. The van der Waals surface area contributed by atoms with Crippen LogP contribution in [0.4, 0.5) is 5.69 Å². The quantitative estimate of drug-likeness (QED) is 0.250. The minimum atomic E-state index is 0. The lowest BCUT2D eigenvalue weighted by atomic mass is 10.1. The molecule has 29 heavy (non-hydrogen) atoms. The third-order valence-electron chi connectivity index (χ3n) is 5.64. The van der Waals surface area contributed by atoms with Crippen LogP contribution in [0.25, 0.3) is 0 Å². The zero-order valence-corrected chi connectivity index (χ0v) is 20.4. The summed E-state index contributed by atoms with van der Waals surface area (Å²) in [5.41, 5.74) is 1.35. The molecule has 1 aromatic rings. The van der Waals surface area contributed by atoms with Crippen molar-refractivity contribution in [1.29, 1.82) is 0 Å². The smallest absolute Gasteiger partial charge is 0.193 e. The van der Waals surface area contributed by atoms with Gasteiger partial charge in [-0.2, -0.15) is 0 Å². The molecule has 1 N–H and O–H groups in total. The number of hydrogen-bond donors (Lipinski definition) is 1. The van der Waals surface area contributed by atoms with Crippen LogP contribution < -0.4 is 10.2 Å². The Morgan fingerprint density at radius 2 is 1.97 bits per heavy atom. The summed E-state index contributed by atoms with van der Waals surface area (Å²) in [6, 6.07) is 10.7. The Morgan fingerprint density at radius 1 is 1.21 bits per heavy atom. The van der Waals surface area contributed by atoms with E-state index >= 15 is 0 Å². The van der Waals surface area contributed by atoms with Gasteiger partial charge in [0, 0.05) is 77.6 Å².